The molecule has 0 amide bonds. The summed E-state index contributed by atoms with van der Waals surface area (Å²) in [5.41, 5.74) is 1.45. The van der Waals surface area contributed by atoms with Gasteiger partial charge in [0.15, 0.2) is 0 Å². The molecule has 18 heavy (non-hydrogen) atoms. The topological polar surface area (TPSA) is 0 Å². The van der Waals surface area contributed by atoms with E-state index in [0.717, 1.165) is 6.42 Å². The Kier molecular flexibility index (Phi) is 3.00. The molecule has 0 saturated carbocycles. The average Bonchev–Trinajstić information content (AvgIpc) is 2.43. The highest BCUT2D eigenvalue weighted by Gasteiger charge is 2.04. The third-order valence-corrected chi connectivity index (χ3v) is 4.30. The fourth-order valence-corrected chi connectivity index (χ4v) is 3.19. The third-order valence-electron chi connectivity index (χ3n) is 3.48. The lowest BCUT2D eigenvalue weighted by Crippen LogP contribution is -1.86. The molecule has 0 aliphatic rings. The number of thioether (sulfide) groups is 1. The fraction of sp³-hybridized carbons (Fsp3) is 0.176. The molecule has 0 aromatic heterocycles. The number of aryl methyl sites for hydroxylation is 1. The number of hydrogen-bond donors (Lipinski definition) is 0. The minimum absolute atomic E-state index is 1.10. The van der Waals surface area contributed by atoms with E-state index in [4.69, 9.17) is 0 Å². The molecule has 0 radical (unpaired) electrons. The van der Waals surface area contributed by atoms with Crippen molar-refractivity contribution in [1.82, 2.24) is 0 Å². The first-order valence-corrected chi connectivity index (χ1v) is 7.53. The summed E-state index contributed by atoms with van der Waals surface area (Å²) in [6.07, 6.45) is 3.25. The van der Waals surface area contributed by atoms with Crippen molar-refractivity contribution >= 4 is 33.3 Å². The van der Waals surface area contributed by atoms with Crippen LogP contribution in [0.4, 0.5) is 0 Å². The second-order valence-electron chi connectivity index (χ2n) is 4.56. The summed E-state index contributed by atoms with van der Waals surface area (Å²) in [4.78, 5) is 1.40. The Morgan fingerprint density at radius 2 is 1.44 bits per heavy atom. The van der Waals surface area contributed by atoms with Gasteiger partial charge in [0, 0.05) is 4.90 Å². The molecule has 0 heterocycles. The Morgan fingerprint density at radius 3 is 2.00 bits per heavy atom. The van der Waals surface area contributed by atoms with Gasteiger partial charge in [-0.15, -0.1) is 11.8 Å². The Balaban J connectivity index is 2.36. The molecule has 0 spiro atoms. The van der Waals surface area contributed by atoms with E-state index in [2.05, 4.69) is 61.7 Å². The predicted octanol–water partition coefficient (Wildman–Crippen LogP) is 5.28. The van der Waals surface area contributed by atoms with Crippen LogP contribution in [0.25, 0.3) is 21.5 Å². The predicted molar refractivity (Wildman–Crippen MR) is 82.6 cm³/mol. The zero-order chi connectivity index (χ0) is 12.5. The summed E-state index contributed by atoms with van der Waals surface area (Å²) in [5, 5.41) is 5.34. The fourth-order valence-electron chi connectivity index (χ4n) is 2.48. The average molecular weight is 252 g/mol. The van der Waals surface area contributed by atoms with Gasteiger partial charge in [-0.25, -0.2) is 0 Å². The highest BCUT2D eigenvalue weighted by Crippen LogP contribution is 2.30. The molecule has 0 fully saturated rings. The SMILES string of the molecule is CCc1cc2cc3ccccc3cc2cc1SC. The van der Waals surface area contributed by atoms with Crippen LogP contribution in [0, 0.1) is 0 Å². The largest absolute Gasteiger partial charge is 0.129 e. The van der Waals surface area contributed by atoms with E-state index in [1.807, 2.05) is 11.8 Å². The van der Waals surface area contributed by atoms with Gasteiger partial charge in [-0.3, -0.25) is 0 Å². The quantitative estimate of drug-likeness (QED) is 0.442. The number of fused-ring (bicyclic) bond motifs is 2. The summed E-state index contributed by atoms with van der Waals surface area (Å²) >= 11 is 1.84. The molecule has 3 aromatic carbocycles. The zero-order valence-corrected chi connectivity index (χ0v) is 11.6. The molecule has 0 atom stereocenters. The second kappa shape index (κ2) is 4.66. The van der Waals surface area contributed by atoms with Gasteiger partial charge in [-0.1, -0.05) is 37.3 Å². The first kappa shape index (κ1) is 11.6. The van der Waals surface area contributed by atoms with Crippen LogP contribution < -0.4 is 0 Å². The highest BCUT2D eigenvalue weighted by atomic mass is 32.2. The Bertz CT molecular complexity index is 651. The third kappa shape index (κ3) is 1.89. The van der Waals surface area contributed by atoms with Gasteiger partial charge in [0.25, 0.3) is 0 Å². The van der Waals surface area contributed by atoms with E-state index in [1.165, 1.54) is 32.0 Å². The van der Waals surface area contributed by atoms with Gasteiger partial charge in [0.05, 0.1) is 0 Å². The minimum atomic E-state index is 1.10. The van der Waals surface area contributed by atoms with Crippen LogP contribution in [-0.4, -0.2) is 6.26 Å². The van der Waals surface area contributed by atoms with Crippen LogP contribution in [0.1, 0.15) is 12.5 Å². The van der Waals surface area contributed by atoms with Crippen LogP contribution in [0.3, 0.4) is 0 Å². The van der Waals surface area contributed by atoms with E-state index in [0.29, 0.717) is 0 Å². The Hall–Kier alpha value is -1.47. The summed E-state index contributed by atoms with van der Waals surface area (Å²) < 4.78 is 0. The van der Waals surface area contributed by atoms with E-state index in [1.54, 1.807) is 0 Å². The lowest BCUT2D eigenvalue weighted by molar-refractivity contribution is 1.09. The first-order valence-electron chi connectivity index (χ1n) is 6.31. The maximum absolute atomic E-state index is 2.34. The molecule has 0 aliphatic carbocycles. The Labute approximate surface area is 112 Å². The number of rotatable bonds is 2. The molecule has 1 heteroatoms. The van der Waals surface area contributed by atoms with Crippen molar-refractivity contribution in [2.24, 2.45) is 0 Å². The van der Waals surface area contributed by atoms with Gasteiger partial charge < -0.3 is 0 Å². The van der Waals surface area contributed by atoms with Crippen molar-refractivity contribution < 1.29 is 0 Å². The van der Waals surface area contributed by atoms with Crippen molar-refractivity contribution in [3.8, 4) is 0 Å². The number of hydrogen-bond acceptors (Lipinski definition) is 1. The molecular formula is C17H16S. The lowest BCUT2D eigenvalue weighted by atomic mass is 10.0. The van der Waals surface area contributed by atoms with Crippen LogP contribution >= 0.6 is 11.8 Å². The van der Waals surface area contributed by atoms with Crippen molar-refractivity contribution in [2.45, 2.75) is 18.2 Å². The molecule has 90 valence electrons. The molecule has 0 saturated heterocycles. The van der Waals surface area contributed by atoms with Crippen molar-refractivity contribution in [1.29, 1.82) is 0 Å². The first-order chi connectivity index (χ1) is 8.81. The second-order valence-corrected chi connectivity index (χ2v) is 5.41. The standard InChI is InChI=1S/C17H16S/c1-3-12-8-15-9-13-6-4-5-7-14(13)10-16(15)11-17(12)18-2/h4-11H,3H2,1-2H3. The van der Waals surface area contributed by atoms with Crippen LogP contribution in [0.15, 0.2) is 53.4 Å². The van der Waals surface area contributed by atoms with E-state index in [-0.39, 0.29) is 0 Å². The molecule has 0 unspecified atom stereocenters. The highest BCUT2D eigenvalue weighted by molar-refractivity contribution is 7.98. The number of benzene rings is 3. The zero-order valence-electron chi connectivity index (χ0n) is 10.7. The molecule has 0 nitrogen and oxygen atoms in total. The Morgan fingerprint density at radius 1 is 0.833 bits per heavy atom. The van der Waals surface area contributed by atoms with Crippen molar-refractivity contribution in [3.05, 3.63) is 54.1 Å². The van der Waals surface area contributed by atoms with Gasteiger partial charge in [0.2, 0.25) is 0 Å². The van der Waals surface area contributed by atoms with Gasteiger partial charge in [-0.2, -0.15) is 0 Å². The maximum Gasteiger partial charge on any atom is 0.0107 e. The summed E-state index contributed by atoms with van der Waals surface area (Å²) in [7, 11) is 0. The van der Waals surface area contributed by atoms with E-state index in [9.17, 15) is 0 Å². The molecular weight excluding hydrogens is 236 g/mol. The molecule has 0 bridgehead atoms. The minimum Gasteiger partial charge on any atom is -0.129 e. The maximum atomic E-state index is 2.34. The van der Waals surface area contributed by atoms with Gasteiger partial charge in [-0.05, 0) is 58.0 Å². The molecule has 3 rings (SSSR count). The molecule has 3 aromatic rings. The van der Waals surface area contributed by atoms with Crippen LogP contribution in [0.2, 0.25) is 0 Å². The summed E-state index contributed by atoms with van der Waals surface area (Å²) in [6.45, 7) is 2.22. The normalized spacial score (nSPS) is 11.2. The monoisotopic (exact) mass is 252 g/mol. The van der Waals surface area contributed by atoms with Crippen molar-refractivity contribution in [2.75, 3.05) is 6.26 Å². The van der Waals surface area contributed by atoms with Gasteiger partial charge in [0.1, 0.15) is 0 Å². The summed E-state index contributed by atoms with van der Waals surface area (Å²) in [5.74, 6) is 0. The van der Waals surface area contributed by atoms with Gasteiger partial charge >= 0.3 is 0 Å². The van der Waals surface area contributed by atoms with Crippen LogP contribution in [-0.2, 0) is 6.42 Å². The van der Waals surface area contributed by atoms with E-state index >= 15 is 0 Å². The van der Waals surface area contributed by atoms with E-state index < -0.39 is 0 Å². The molecule has 0 aliphatic heterocycles. The smallest absolute Gasteiger partial charge is 0.0107 e. The lowest BCUT2D eigenvalue weighted by Gasteiger charge is -2.09. The van der Waals surface area contributed by atoms with Crippen LogP contribution in [0.5, 0.6) is 0 Å². The summed E-state index contributed by atoms with van der Waals surface area (Å²) in [6, 6.07) is 17.8. The molecule has 0 N–H and O–H groups in total. The van der Waals surface area contributed by atoms with Crippen molar-refractivity contribution in [3.63, 3.8) is 0 Å².